The molecule has 1 unspecified atom stereocenters. The highest BCUT2D eigenvalue weighted by atomic mass is 32.2. The fourth-order valence-electron chi connectivity index (χ4n) is 4.33. The van der Waals surface area contributed by atoms with Crippen LogP contribution in [0.15, 0.2) is 48.5 Å². The summed E-state index contributed by atoms with van der Waals surface area (Å²) < 4.78 is 37.0. The van der Waals surface area contributed by atoms with Crippen molar-refractivity contribution < 1.29 is 27.5 Å². The number of benzene rings is 2. The van der Waals surface area contributed by atoms with Gasteiger partial charge in [-0.15, -0.1) is 0 Å². The Morgan fingerprint density at radius 2 is 1.67 bits per heavy atom. The van der Waals surface area contributed by atoms with Gasteiger partial charge in [0.1, 0.15) is 24.1 Å². The van der Waals surface area contributed by atoms with Gasteiger partial charge in [-0.3, -0.25) is 13.9 Å². The molecule has 1 atom stereocenters. The predicted molar refractivity (Wildman–Crippen MR) is 139 cm³/mol. The van der Waals surface area contributed by atoms with E-state index < -0.39 is 28.5 Å². The van der Waals surface area contributed by atoms with Crippen LogP contribution in [0, 0.1) is 0 Å². The second-order valence-electron chi connectivity index (χ2n) is 8.98. The molecule has 0 bridgehead atoms. The Morgan fingerprint density at radius 3 is 2.25 bits per heavy atom. The van der Waals surface area contributed by atoms with Gasteiger partial charge < -0.3 is 19.7 Å². The van der Waals surface area contributed by atoms with Crippen molar-refractivity contribution in [1.82, 2.24) is 10.2 Å². The smallest absolute Gasteiger partial charge is 0.244 e. The molecular weight excluding hydrogens is 482 g/mol. The van der Waals surface area contributed by atoms with E-state index in [0.29, 0.717) is 11.5 Å². The molecule has 0 radical (unpaired) electrons. The molecule has 1 saturated carbocycles. The minimum absolute atomic E-state index is 0.0963. The van der Waals surface area contributed by atoms with Crippen molar-refractivity contribution in [3.05, 3.63) is 54.1 Å². The number of sulfonamides is 1. The summed E-state index contributed by atoms with van der Waals surface area (Å²) in [6.07, 6.45) is 5.00. The van der Waals surface area contributed by atoms with Crippen LogP contribution in [0.4, 0.5) is 5.69 Å². The molecule has 1 aliphatic rings. The number of anilines is 1. The number of carbonyl (C=O) groups is 2. The van der Waals surface area contributed by atoms with Crippen LogP contribution in [-0.4, -0.2) is 64.2 Å². The zero-order chi connectivity index (χ0) is 26.3. The Kier molecular flexibility index (Phi) is 9.19. The summed E-state index contributed by atoms with van der Waals surface area (Å²) in [5.41, 5.74) is 1.04. The van der Waals surface area contributed by atoms with Crippen LogP contribution < -0.4 is 19.1 Å². The third kappa shape index (κ3) is 6.90. The first-order valence-electron chi connectivity index (χ1n) is 12.0. The Hall–Kier alpha value is -3.27. The third-order valence-corrected chi connectivity index (χ3v) is 7.54. The number of nitrogens with zero attached hydrogens (tertiary/aromatic N) is 2. The standard InChI is InChI=1S/C26H35N3O6S/c1-19(26(31)27-21-9-5-6-10-21)28(17-20-13-15-22(34-2)16-14-20)25(30)18-29(36(4,32)33)23-11-7-8-12-24(23)35-3/h7-8,11-16,19,21H,5-6,9-10,17-18H2,1-4H3,(H,27,31). The molecule has 196 valence electrons. The van der Waals surface area contributed by atoms with Gasteiger partial charge in [0, 0.05) is 12.6 Å². The molecule has 0 spiro atoms. The Morgan fingerprint density at radius 1 is 1.03 bits per heavy atom. The van der Waals surface area contributed by atoms with E-state index in [9.17, 15) is 18.0 Å². The summed E-state index contributed by atoms with van der Waals surface area (Å²) in [7, 11) is -0.832. The molecule has 1 aliphatic carbocycles. The lowest BCUT2D eigenvalue weighted by molar-refractivity contribution is -0.139. The molecule has 1 N–H and O–H groups in total. The highest BCUT2D eigenvalue weighted by Crippen LogP contribution is 2.29. The summed E-state index contributed by atoms with van der Waals surface area (Å²) in [6, 6.07) is 13.1. The molecule has 2 amide bonds. The Bertz CT molecular complexity index is 1150. The number of amides is 2. The van der Waals surface area contributed by atoms with Crippen LogP contribution in [0.5, 0.6) is 11.5 Å². The molecule has 0 aliphatic heterocycles. The van der Waals surface area contributed by atoms with E-state index in [2.05, 4.69) is 5.32 Å². The SMILES string of the molecule is COc1ccc(CN(C(=O)CN(c2ccccc2OC)S(C)(=O)=O)C(C)C(=O)NC2CCCC2)cc1. The highest BCUT2D eigenvalue weighted by molar-refractivity contribution is 7.92. The summed E-state index contributed by atoms with van der Waals surface area (Å²) in [4.78, 5) is 28.2. The first kappa shape index (κ1) is 27.3. The number of carbonyl (C=O) groups excluding carboxylic acids is 2. The van der Waals surface area contributed by atoms with Crippen LogP contribution in [0.25, 0.3) is 0 Å². The molecule has 9 nitrogen and oxygen atoms in total. The molecule has 3 rings (SSSR count). The third-order valence-electron chi connectivity index (χ3n) is 6.41. The minimum Gasteiger partial charge on any atom is -0.497 e. The molecule has 2 aromatic rings. The lowest BCUT2D eigenvalue weighted by Crippen LogP contribution is -2.52. The van der Waals surface area contributed by atoms with Gasteiger partial charge >= 0.3 is 0 Å². The highest BCUT2D eigenvalue weighted by Gasteiger charge is 2.32. The number of hydrogen-bond donors (Lipinski definition) is 1. The van der Waals surface area contributed by atoms with Crippen LogP contribution in [-0.2, 0) is 26.2 Å². The molecule has 10 heteroatoms. The van der Waals surface area contributed by atoms with Gasteiger partial charge in [0.05, 0.1) is 26.2 Å². The first-order chi connectivity index (χ1) is 17.1. The zero-order valence-electron chi connectivity index (χ0n) is 21.3. The summed E-state index contributed by atoms with van der Waals surface area (Å²) in [6.45, 7) is 1.32. The average Bonchev–Trinajstić information content (AvgIpc) is 3.38. The number of para-hydroxylation sites is 2. The number of hydrogen-bond acceptors (Lipinski definition) is 6. The summed E-state index contributed by atoms with van der Waals surface area (Å²) in [5.74, 6) is 0.232. The van der Waals surface area contributed by atoms with Gasteiger partial charge in [-0.25, -0.2) is 8.42 Å². The molecule has 36 heavy (non-hydrogen) atoms. The van der Waals surface area contributed by atoms with Gasteiger partial charge in [0.15, 0.2) is 0 Å². The van der Waals surface area contributed by atoms with Gasteiger partial charge in [0.2, 0.25) is 21.8 Å². The number of nitrogens with one attached hydrogen (secondary N) is 1. The average molecular weight is 518 g/mol. The van der Waals surface area contributed by atoms with E-state index in [1.807, 2.05) is 12.1 Å². The second-order valence-corrected chi connectivity index (χ2v) is 10.9. The van der Waals surface area contributed by atoms with Gasteiger partial charge in [-0.2, -0.15) is 0 Å². The monoisotopic (exact) mass is 517 g/mol. The molecular formula is C26H35N3O6S. The molecule has 0 saturated heterocycles. The lowest BCUT2D eigenvalue weighted by atomic mass is 10.1. The maximum Gasteiger partial charge on any atom is 0.244 e. The van der Waals surface area contributed by atoms with Crippen LogP contribution in [0.1, 0.15) is 38.2 Å². The zero-order valence-corrected chi connectivity index (χ0v) is 22.1. The van der Waals surface area contributed by atoms with Crippen LogP contribution in [0.3, 0.4) is 0 Å². The van der Waals surface area contributed by atoms with Crippen molar-refractivity contribution in [2.24, 2.45) is 0 Å². The van der Waals surface area contributed by atoms with Crippen LogP contribution >= 0.6 is 0 Å². The van der Waals surface area contributed by atoms with E-state index in [1.54, 1.807) is 50.4 Å². The fraction of sp³-hybridized carbons (Fsp3) is 0.462. The number of rotatable bonds is 11. The van der Waals surface area contributed by atoms with Crippen LogP contribution in [0.2, 0.25) is 0 Å². The molecule has 1 fully saturated rings. The lowest BCUT2D eigenvalue weighted by Gasteiger charge is -2.32. The van der Waals surface area contributed by atoms with Crippen molar-refractivity contribution in [3.63, 3.8) is 0 Å². The quantitative estimate of drug-likeness (QED) is 0.491. The van der Waals surface area contributed by atoms with Crippen molar-refractivity contribution in [2.45, 2.75) is 51.2 Å². The van der Waals surface area contributed by atoms with E-state index in [-0.39, 0.29) is 24.2 Å². The largest absolute Gasteiger partial charge is 0.497 e. The van der Waals surface area contributed by atoms with Crippen molar-refractivity contribution in [3.8, 4) is 11.5 Å². The van der Waals surface area contributed by atoms with E-state index in [1.165, 1.54) is 12.0 Å². The minimum atomic E-state index is -3.84. The van der Waals surface area contributed by atoms with Gasteiger partial charge in [-0.05, 0) is 49.6 Å². The van der Waals surface area contributed by atoms with Crippen molar-refractivity contribution in [1.29, 1.82) is 0 Å². The Labute approximate surface area is 213 Å². The van der Waals surface area contributed by atoms with Gasteiger partial charge in [0.25, 0.3) is 0 Å². The Balaban J connectivity index is 1.90. The maximum absolute atomic E-state index is 13.7. The van der Waals surface area contributed by atoms with Gasteiger partial charge in [-0.1, -0.05) is 37.1 Å². The fourth-order valence-corrected chi connectivity index (χ4v) is 5.19. The first-order valence-corrected chi connectivity index (χ1v) is 13.8. The van der Waals surface area contributed by atoms with E-state index in [4.69, 9.17) is 9.47 Å². The normalized spacial score (nSPS) is 14.7. The number of methoxy groups -OCH3 is 2. The number of ether oxygens (including phenoxy) is 2. The molecule has 0 aromatic heterocycles. The molecule has 2 aromatic carbocycles. The van der Waals surface area contributed by atoms with Crippen molar-refractivity contribution >= 4 is 27.5 Å². The summed E-state index contributed by atoms with van der Waals surface area (Å²) >= 11 is 0. The van der Waals surface area contributed by atoms with Crippen molar-refractivity contribution in [2.75, 3.05) is 31.3 Å². The molecule has 0 heterocycles. The second kappa shape index (κ2) is 12.1. The van der Waals surface area contributed by atoms with E-state index in [0.717, 1.165) is 41.8 Å². The topological polar surface area (TPSA) is 105 Å². The van der Waals surface area contributed by atoms with E-state index >= 15 is 0 Å². The maximum atomic E-state index is 13.7. The predicted octanol–water partition coefficient (Wildman–Crippen LogP) is 2.95. The summed E-state index contributed by atoms with van der Waals surface area (Å²) in [5, 5.41) is 3.05.